The van der Waals surface area contributed by atoms with Crippen LogP contribution in [0.3, 0.4) is 0 Å². The molecule has 0 saturated carbocycles. The summed E-state index contributed by atoms with van der Waals surface area (Å²) in [7, 11) is -4.69. The average Bonchev–Trinajstić information content (AvgIpc) is 3.11. The van der Waals surface area contributed by atoms with Crippen molar-refractivity contribution < 1.29 is 38.4 Å². The third-order valence-electron chi connectivity index (χ3n) is 5.70. The van der Waals surface area contributed by atoms with E-state index in [1.165, 1.54) is 13.8 Å². The molecule has 0 radical (unpaired) electrons. The topological polar surface area (TPSA) is 226 Å². The van der Waals surface area contributed by atoms with Crippen LogP contribution in [-0.4, -0.2) is 76.7 Å². The number of rotatable bonds is 13. The van der Waals surface area contributed by atoms with Crippen molar-refractivity contribution in [3.63, 3.8) is 0 Å². The first-order chi connectivity index (χ1) is 15.8. The summed E-state index contributed by atoms with van der Waals surface area (Å²) in [6.45, 7) is 1.58. The average molecular weight is 511 g/mol. The number of ether oxygens (including phenoxy) is 1. The van der Waals surface area contributed by atoms with Crippen LogP contribution in [0.1, 0.15) is 46.3 Å². The maximum atomic E-state index is 14.0. The highest BCUT2D eigenvalue weighted by atomic mass is 31.2. The zero-order valence-electron chi connectivity index (χ0n) is 19.0. The SMILES string of the molecule is CCC(CF)(CCO[C@H]([C@H](O)CO)n1c(=O)[nH]c2c(=O)[nH]c(N)nc21)OP(=O)(O)C(C)(O)CC. The third-order valence-corrected chi connectivity index (χ3v) is 7.87. The zero-order valence-corrected chi connectivity index (χ0v) is 19.9. The number of hydrogen-bond donors (Lipinski definition) is 7. The maximum absolute atomic E-state index is 14.0. The Morgan fingerprint density at radius 2 is 1.94 bits per heavy atom. The van der Waals surface area contributed by atoms with Crippen LogP contribution >= 0.6 is 7.60 Å². The molecule has 2 heterocycles. The molecule has 16 heteroatoms. The van der Waals surface area contributed by atoms with Crippen molar-refractivity contribution >= 4 is 24.7 Å². The molecule has 34 heavy (non-hydrogen) atoms. The molecule has 0 amide bonds. The quantitative estimate of drug-likeness (QED) is 0.173. The number of nitrogens with two attached hydrogens (primary N) is 1. The molecule has 194 valence electrons. The van der Waals surface area contributed by atoms with E-state index >= 15 is 0 Å². The molecule has 0 aliphatic heterocycles. The van der Waals surface area contributed by atoms with Crippen LogP contribution < -0.4 is 17.0 Å². The van der Waals surface area contributed by atoms with Gasteiger partial charge in [0.25, 0.3) is 5.56 Å². The summed E-state index contributed by atoms with van der Waals surface area (Å²) in [6.07, 6.45) is -3.80. The fraction of sp³-hybridized carbons (Fsp3) is 0.722. The van der Waals surface area contributed by atoms with Crippen LogP contribution in [0.5, 0.6) is 0 Å². The van der Waals surface area contributed by atoms with Gasteiger partial charge in [-0.2, -0.15) is 4.98 Å². The summed E-state index contributed by atoms with van der Waals surface area (Å²) >= 11 is 0. The van der Waals surface area contributed by atoms with E-state index in [0.29, 0.717) is 0 Å². The first-order valence-electron chi connectivity index (χ1n) is 10.5. The van der Waals surface area contributed by atoms with Crippen LogP contribution in [0.15, 0.2) is 9.59 Å². The van der Waals surface area contributed by atoms with Gasteiger partial charge in [-0.1, -0.05) is 13.8 Å². The molecule has 5 atom stereocenters. The smallest absolute Gasteiger partial charge is 0.359 e. The highest BCUT2D eigenvalue weighted by Crippen LogP contribution is 2.58. The minimum atomic E-state index is -4.69. The van der Waals surface area contributed by atoms with Gasteiger partial charge in [0.2, 0.25) is 5.95 Å². The number of alkyl halides is 1. The summed E-state index contributed by atoms with van der Waals surface area (Å²) in [5.41, 5.74) is 1.53. The van der Waals surface area contributed by atoms with Gasteiger partial charge in [0.1, 0.15) is 18.4 Å². The highest BCUT2D eigenvalue weighted by Gasteiger charge is 2.48. The maximum Gasteiger partial charge on any atom is 0.359 e. The van der Waals surface area contributed by atoms with E-state index in [0.717, 1.165) is 11.5 Å². The standard InChI is InChI=1S/C18H31FN5O9P/c1-4-17(3,29)34(30,31)33-18(5-2,9-19)6-7-32-14(10(26)8-25)24-12-11(21-16(24)28)13(27)23-15(20)22-12/h10,14,25-26,29H,4-9H2,1-3H3,(H,21,28)(H,30,31)(H3,20,22,23,27)/t10-,14-,17?,18?/m1/s1. The summed E-state index contributed by atoms with van der Waals surface area (Å²) in [6, 6.07) is 0. The van der Waals surface area contributed by atoms with Gasteiger partial charge < -0.3 is 30.7 Å². The van der Waals surface area contributed by atoms with Gasteiger partial charge in [-0.15, -0.1) is 0 Å². The lowest BCUT2D eigenvalue weighted by Gasteiger charge is -2.37. The van der Waals surface area contributed by atoms with Gasteiger partial charge in [-0.25, -0.2) is 13.8 Å². The third kappa shape index (κ3) is 5.57. The van der Waals surface area contributed by atoms with E-state index in [1.54, 1.807) is 0 Å². The van der Waals surface area contributed by atoms with Crippen molar-refractivity contribution in [2.75, 3.05) is 25.6 Å². The van der Waals surface area contributed by atoms with Gasteiger partial charge >= 0.3 is 13.3 Å². The summed E-state index contributed by atoms with van der Waals surface area (Å²) in [4.78, 5) is 43.1. The lowest BCUT2D eigenvalue weighted by atomic mass is 9.99. The number of aliphatic hydroxyl groups is 3. The monoisotopic (exact) mass is 511 g/mol. The second-order valence-corrected chi connectivity index (χ2v) is 10.3. The number of anilines is 1. The molecule has 0 bridgehead atoms. The van der Waals surface area contributed by atoms with Crippen LogP contribution in [0.25, 0.3) is 11.2 Å². The van der Waals surface area contributed by atoms with E-state index in [-0.39, 0.29) is 36.4 Å². The number of nitrogen functional groups attached to an aromatic ring is 1. The van der Waals surface area contributed by atoms with Crippen molar-refractivity contribution in [2.45, 2.75) is 63.3 Å². The van der Waals surface area contributed by atoms with Gasteiger partial charge in [-0.05, 0) is 19.8 Å². The molecular formula is C18H31FN5O9P. The number of fused-ring (bicyclic) bond motifs is 1. The Balaban J connectivity index is 2.35. The molecule has 3 unspecified atom stereocenters. The van der Waals surface area contributed by atoms with Gasteiger partial charge in [0.15, 0.2) is 22.7 Å². The van der Waals surface area contributed by atoms with Crippen LogP contribution in [0.2, 0.25) is 0 Å². The molecule has 0 fully saturated rings. The summed E-state index contributed by atoms with van der Waals surface area (Å²) < 4.78 is 38.1. The number of imidazole rings is 1. The predicted octanol–water partition coefficient (Wildman–Crippen LogP) is -0.308. The first-order valence-corrected chi connectivity index (χ1v) is 12.1. The largest absolute Gasteiger partial charge is 0.394 e. The second kappa shape index (κ2) is 10.6. The van der Waals surface area contributed by atoms with Crippen molar-refractivity contribution in [2.24, 2.45) is 0 Å². The van der Waals surface area contributed by atoms with Crippen molar-refractivity contribution in [1.29, 1.82) is 0 Å². The van der Waals surface area contributed by atoms with Gasteiger partial charge in [-0.3, -0.25) is 23.9 Å². The minimum Gasteiger partial charge on any atom is -0.394 e. The summed E-state index contributed by atoms with van der Waals surface area (Å²) in [5, 5.41) is 27.8. The Hall–Kier alpha value is -2.13. The molecule has 0 saturated heterocycles. The molecule has 2 aromatic heterocycles. The lowest BCUT2D eigenvalue weighted by molar-refractivity contribution is -0.112. The molecule has 0 aromatic carbocycles. The lowest BCUT2D eigenvalue weighted by Crippen LogP contribution is -2.40. The molecule has 2 rings (SSSR count). The van der Waals surface area contributed by atoms with Crippen molar-refractivity contribution in [3.05, 3.63) is 20.8 Å². The minimum absolute atomic E-state index is 0.0784. The number of halogens is 1. The number of nitrogens with zero attached hydrogens (tertiary/aromatic N) is 2. The number of aliphatic hydroxyl groups excluding tert-OH is 2. The number of nitrogens with one attached hydrogen (secondary N) is 2. The Kier molecular flexibility index (Phi) is 8.80. The van der Waals surface area contributed by atoms with Crippen molar-refractivity contribution in [1.82, 2.24) is 19.5 Å². The number of H-pyrrole nitrogens is 2. The van der Waals surface area contributed by atoms with Crippen LogP contribution in [-0.2, 0) is 13.8 Å². The molecule has 0 spiro atoms. The Labute approximate surface area is 193 Å². The fourth-order valence-corrected chi connectivity index (χ4v) is 4.50. The van der Waals surface area contributed by atoms with E-state index in [9.17, 15) is 38.8 Å². The predicted molar refractivity (Wildman–Crippen MR) is 119 cm³/mol. The Morgan fingerprint density at radius 3 is 2.47 bits per heavy atom. The highest BCUT2D eigenvalue weighted by molar-refractivity contribution is 7.54. The van der Waals surface area contributed by atoms with Gasteiger partial charge in [0.05, 0.1) is 13.2 Å². The fourth-order valence-electron chi connectivity index (χ4n) is 3.11. The van der Waals surface area contributed by atoms with Crippen LogP contribution in [0.4, 0.5) is 10.3 Å². The van der Waals surface area contributed by atoms with Gasteiger partial charge in [0, 0.05) is 6.42 Å². The Bertz CT molecular complexity index is 1140. The van der Waals surface area contributed by atoms with E-state index < -0.39 is 62.0 Å². The molecular weight excluding hydrogens is 480 g/mol. The van der Waals surface area contributed by atoms with E-state index in [2.05, 4.69) is 15.0 Å². The summed E-state index contributed by atoms with van der Waals surface area (Å²) in [5.74, 6) is -0.319. The number of hydrogen-bond acceptors (Lipinski definition) is 10. The number of aromatic amines is 2. The van der Waals surface area contributed by atoms with E-state index in [4.69, 9.17) is 15.0 Å². The Morgan fingerprint density at radius 1 is 1.29 bits per heavy atom. The molecule has 14 nitrogen and oxygen atoms in total. The molecule has 2 aromatic rings. The second-order valence-electron chi connectivity index (χ2n) is 8.06. The van der Waals surface area contributed by atoms with Crippen molar-refractivity contribution in [3.8, 4) is 0 Å². The zero-order chi connectivity index (χ0) is 25.9. The normalized spacial score (nSPS) is 19.3. The van der Waals surface area contributed by atoms with Crippen LogP contribution in [0, 0.1) is 0 Å². The van der Waals surface area contributed by atoms with E-state index in [1.807, 2.05) is 0 Å². The molecule has 0 aliphatic carbocycles. The molecule has 0 aliphatic rings. The first kappa shape index (κ1) is 28.1. The number of aromatic nitrogens is 4. The molecule has 8 N–H and O–H groups in total.